The van der Waals surface area contributed by atoms with Gasteiger partial charge in [-0.3, -0.25) is 9.63 Å². The number of carbonyl (C=O) groups excluding carboxylic acids is 1. The number of para-hydroxylation sites is 1. The van der Waals surface area contributed by atoms with Crippen molar-refractivity contribution in [3.05, 3.63) is 52.8 Å². The first-order valence-corrected chi connectivity index (χ1v) is 9.32. The Bertz CT molecular complexity index is 1020. The van der Waals surface area contributed by atoms with Crippen molar-refractivity contribution in [1.29, 1.82) is 0 Å². The van der Waals surface area contributed by atoms with Crippen molar-refractivity contribution in [2.75, 3.05) is 17.7 Å². The van der Waals surface area contributed by atoms with Gasteiger partial charge in [0.2, 0.25) is 5.95 Å². The van der Waals surface area contributed by atoms with Crippen LogP contribution < -0.4 is 16.1 Å². The SMILES string of the molecule is CONC(=O)c1ccccc1Nc1nc(Nc2cc(C)nn2C(C)C)ncc1Cl. The first-order chi connectivity index (χ1) is 13.9. The summed E-state index contributed by atoms with van der Waals surface area (Å²) in [5.74, 6) is 1.08. The van der Waals surface area contributed by atoms with Crippen molar-refractivity contribution >= 4 is 40.8 Å². The summed E-state index contributed by atoms with van der Waals surface area (Å²) in [5, 5.41) is 11.0. The summed E-state index contributed by atoms with van der Waals surface area (Å²) in [4.78, 5) is 25.6. The summed E-state index contributed by atoms with van der Waals surface area (Å²) in [6.45, 7) is 5.99. The second kappa shape index (κ2) is 8.89. The number of rotatable bonds is 7. The molecule has 3 rings (SSSR count). The highest BCUT2D eigenvalue weighted by Gasteiger charge is 2.15. The zero-order valence-electron chi connectivity index (χ0n) is 16.5. The van der Waals surface area contributed by atoms with Crippen molar-refractivity contribution in [3.8, 4) is 0 Å². The third kappa shape index (κ3) is 4.82. The summed E-state index contributed by atoms with van der Waals surface area (Å²) < 4.78 is 1.85. The lowest BCUT2D eigenvalue weighted by molar-refractivity contribution is 0.0538. The van der Waals surface area contributed by atoms with Gasteiger partial charge >= 0.3 is 0 Å². The third-order valence-corrected chi connectivity index (χ3v) is 4.23. The lowest BCUT2D eigenvalue weighted by atomic mass is 10.1. The Hall–Kier alpha value is -3.17. The van der Waals surface area contributed by atoms with E-state index in [-0.39, 0.29) is 6.04 Å². The second-order valence-electron chi connectivity index (χ2n) is 6.53. The van der Waals surface area contributed by atoms with Crippen LogP contribution in [0.1, 0.15) is 35.9 Å². The molecule has 0 saturated carbocycles. The van der Waals surface area contributed by atoms with Gasteiger partial charge in [-0.05, 0) is 32.9 Å². The Morgan fingerprint density at radius 3 is 2.72 bits per heavy atom. The minimum absolute atomic E-state index is 0.169. The zero-order chi connectivity index (χ0) is 21.0. The van der Waals surface area contributed by atoms with Gasteiger partial charge in [-0.25, -0.2) is 15.1 Å². The van der Waals surface area contributed by atoms with Crippen LogP contribution in [0.15, 0.2) is 36.5 Å². The minimum atomic E-state index is -0.393. The molecule has 10 heteroatoms. The van der Waals surface area contributed by atoms with Gasteiger partial charge in [-0.2, -0.15) is 10.1 Å². The van der Waals surface area contributed by atoms with E-state index < -0.39 is 5.91 Å². The number of nitrogens with zero attached hydrogens (tertiary/aromatic N) is 4. The molecule has 0 radical (unpaired) electrons. The van der Waals surface area contributed by atoms with Gasteiger partial charge in [0.15, 0.2) is 5.82 Å². The number of aromatic nitrogens is 4. The molecule has 152 valence electrons. The fraction of sp³-hybridized carbons (Fsp3) is 0.263. The molecular formula is C19H22ClN7O2. The van der Waals surface area contributed by atoms with E-state index >= 15 is 0 Å². The number of carbonyl (C=O) groups is 1. The zero-order valence-corrected chi connectivity index (χ0v) is 17.3. The summed E-state index contributed by atoms with van der Waals surface area (Å²) in [6.07, 6.45) is 1.49. The van der Waals surface area contributed by atoms with Crippen LogP contribution in [0.5, 0.6) is 0 Å². The number of halogens is 1. The Balaban J connectivity index is 1.89. The van der Waals surface area contributed by atoms with E-state index in [1.54, 1.807) is 24.3 Å². The number of hydrogen-bond donors (Lipinski definition) is 3. The third-order valence-electron chi connectivity index (χ3n) is 3.95. The fourth-order valence-corrected chi connectivity index (χ4v) is 2.84. The predicted octanol–water partition coefficient (Wildman–Crippen LogP) is 3.99. The highest BCUT2D eigenvalue weighted by Crippen LogP contribution is 2.27. The molecule has 0 fully saturated rings. The van der Waals surface area contributed by atoms with Gasteiger partial charge in [0.05, 0.1) is 30.3 Å². The van der Waals surface area contributed by atoms with Crippen LogP contribution in [-0.2, 0) is 4.84 Å². The standard InChI is InChI=1S/C19H22ClN7O2/c1-11(2)27-16(9-12(3)25-27)23-19-21-10-14(20)17(24-19)22-15-8-6-5-7-13(15)18(28)26-29-4/h5-11H,1-4H3,(H,26,28)(H2,21,22,23,24). The van der Waals surface area contributed by atoms with E-state index in [0.717, 1.165) is 11.5 Å². The minimum Gasteiger partial charge on any atom is -0.338 e. The smallest absolute Gasteiger partial charge is 0.276 e. The lowest BCUT2D eigenvalue weighted by Gasteiger charge is -2.14. The number of aryl methyl sites for hydroxylation is 1. The fourth-order valence-electron chi connectivity index (χ4n) is 2.70. The van der Waals surface area contributed by atoms with Crippen LogP contribution in [-0.4, -0.2) is 32.8 Å². The second-order valence-corrected chi connectivity index (χ2v) is 6.94. The highest BCUT2D eigenvalue weighted by atomic mass is 35.5. The molecular weight excluding hydrogens is 394 g/mol. The topological polar surface area (TPSA) is 106 Å². The largest absolute Gasteiger partial charge is 0.338 e. The molecule has 0 aliphatic heterocycles. The van der Waals surface area contributed by atoms with Crippen molar-refractivity contribution < 1.29 is 9.63 Å². The summed E-state index contributed by atoms with van der Waals surface area (Å²) in [5.41, 5.74) is 4.09. The molecule has 29 heavy (non-hydrogen) atoms. The van der Waals surface area contributed by atoms with Crippen LogP contribution in [0.2, 0.25) is 5.02 Å². The van der Waals surface area contributed by atoms with E-state index in [4.69, 9.17) is 16.4 Å². The maximum absolute atomic E-state index is 12.2. The molecule has 0 aliphatic carbocycles. The molecule has 9 nitrogen and oxygen atoms in total. The molecule has 0 aliphatic rings. The molecule has 2 heterocycles. The van der Waals surface area contributed by atoms with E-state index in [0.29, 0.717) is 28.0 Å². The molecule has 0 unspecified atom stereocenters. The molecule has 0 saturated heterocycles. The van der Waals surface area contributed by atoms with Gasteiger partial charge in [0.1, 0.15) is 10.8 Å². The van der Waals surface area contributed by atoms with Gasteiger partial charge < -0.3 is 10.6 Å². The van der Waals surface area contributed by atoms with Crippen LogP contribution in [0.25, 0.3) is 0 Å². The number of nitrogens with one attached hydrogen (secondary N) is 3. The molecule has 2 aromatic heterocycles. The molecule has 0 bridgehead atoms. The molecule has 0 spiro atoms. The Morgan fingerprint density at radius 2 is 2.00 bits per heavy atom. The monoisotopic (exact) mass is 415 g/mol. The van der Waals surface area contributed by atoms with E-state index in [1.807, 2.05) is 31.5 Å². The number of benzene rings is 1. The predicted molar refractivity (Wildman–Crippen MR) is 112 cm³/mol. The lowest BCUT2D eigenvalue weighted by Crippen LogP contribution is -2.22. The maximum atomic E-state index is 12.2. The molecule has 3 N–H and O–H groups in total. The van der Waals surface area contributed by atoms with Gasteiger partial charge in [0, 0.05) is 12.1 Å². The van der Waals surface area contributed by atoms with Crippen molar-refractivity contribution in [1.82, 2.24) is 25.2 Å². The van der Waals surface area contributed by atoms with Crippen molar-refractivity contribution in [3.63, 3.8) is 0 Å². The van der Waals surface area contributed by atoms with Gasteiger partial charge in [0.25, 0.3) is 5.91 Å². The van der Waals surface area contributed by atoms with Crippen molar-refractivity contribution in [2.45, 2.75) is 26.8 Å². The Morgan fingerprint density at radius 1 is 1.24 bits per heavy atom. The average molecular weight is 416 g/mol. The van der Waals surface area contributed by atoms with Crippen molar-refractivity contribution in [2.24, 2.45) is 0 Å². The van der Waals surface area contributed by atoms with Gasteiger partial charge in [-0.15, -0.1) is 0 Å². The number of hydroxylamine groups is 1. The molecule has 3 aromatic rings. The van der Waals surface area contributed by atoms with Crippen LogP contribution >= 0.6 is 11.6 Å². The summed E-state index contributed by atoms with van der Waals surface area (Å²) in [7, 11) is 1.37. The van der Waals surface area contributed by atoms with E-state index in [1.165, 1.54) is 13.3 Å². The summed E-state index contributed by atoms with van der Waals surface area (Å²) in [6, 6.07) is 9.03. The molecule has 0 atom stereocenters. The first-order valence-electron chi connectivity index (χ1n) is 8.94. The van der Waals surface area contributed by atoms with E-state index in [2.05, 4.69) is 31.2 Å². The first kappa shape index (κ1) is 20.6. The maximum Gasteiger partial charge on any atom is 0.276 e. The number of amides is 1. The molecule has 1 amide bonds. The van der Waals surface area contributed by atoms with Gasteiger partial charge in [-0.1, -0.05) is 23.7 Å². The van der Waals surface area contributed by atoms with Crippen LogP contribution in [0.3, 0.4) is 0 Å². The quantitative estimate of drug-likeness (QED) is 0.501. The van der Waals surface area contributed by atoms with E-state index in [9.17, 15) is 4.79 Å². The number of anilines is 4. The Labute approximate surface area is 173 Å². The van der Waals surface area contributed by atoms with Crippen LogP contribution in [0, 0.1) is 6.92 Å². The normalized spacial score (nSPS) is 10.8. The molecule has 1 aromatic carbocycles. The highest BCUT2D eigenvalue weighted by molar-refractivity contribution is 6.33. The number of hydrogen-bond acceptors (Lipinski definition) is 7. The average Bonchev–Trinajstić information content (AvgIpc) is 3.05. The summed E-state index contributed by atoms with van der Waals surface area (Å²) >= 11 is 6.27. The Kier molecular flexibility index (Phi) is 6.30. The van der Waals surface area contributed by atoms with Crippen LogP contribution in [0.4, 0.5) is 23.3 Å².